The van der Waals surface area contributed by atoms with Gasteiger partial charge < -0.3 is 31.1 Å². The molecule has 0 heterocycles. The van der Waals surface area contributed by atoms with Crippen molar-refractivity contribution in [1.29, 1.82) is 0 Å². The molecule has 466 valence electrons. The highest BCUT2D eigenvalue weighted by Gasteiger charge is 2.63. The molecular weight excluding hydrogens is 1170 g/mol. The van der Waals surface area contributed by atoms with E-state index in [2.05, 4.69) is 110 Å². The number of terminal acetylenes is 6. The Morgan fingerprint density at radius 1 is 0.400 bits per heavy atom. The minimum Gasteiger partial charge on any atom is -0.508 e. The highest BCUT2D eigenvalue weighted by atomic mass is 16.3. The number of phenolic OH excluding ortho intramolecular Hbond substituents is 4. The van der Waals surface area contributed by atoms with Gasteiger partial charge in [0.1, 0.15) is 23.0 Å². The zero-order valence-corrected chi connectivity index (χ0v) is 53.9. The summed E-state index contributed by atoms with van der Waals surface area (Å²) in [6, 6.07) is 41.1. The summed E-state index contributed by atoms with van der Waals surface area (Å²) in [7, 11) is 0. The van der Waals surface area contributed by atoms with Gasteiger partial charge in [-0.1, -0.05) is 124 Å². The molecule has 8 saturated carbocycles. The molecule has 0 aliphatic heterocycles. The van der Waals surface area contributed by atoms with E-state index in [1.165, 1.54) is 36.8 Å². The number of phenols is 4. The summed E-state index contributed by atoms with van der Waals surface area (Å²) in [5.41, 5.74) is 8.45. The van der Waals surface area contributed by atoms with Crippen molar-refractivity contribution in [2.45, 2.75) is 121 Å². The molecule has 8 aromatic rings. The number of hydrogen-bond acceptors (Lipinski definition) is 6. The van der Waals surface area contributed by atoms with Crippen LogP contribution < -0.4 is 10.6 Å². The summed E-state index contributed by atoms with van der Waals surface area (Å²) < 4.78 is 0. The first kappa shape index (κ1) is 60.5. The van der Waals surface area contributed by atoms with E-state index >= 15 is 0 Å². The molecule has 17 rings (SSSR count). The molecule has 8 fully saturated rings. The molecule has 95 heavy (non-hydrogen) atoms. The predicted molar refractivity (Wildman–Crippen MR) is 376 cm³/mol. The van der Waals surface area contributed by atoms with Crippen LogP contribution in [0.5, 0.6) is 23.0 Å². The third-order valence-electron chi connectivity index (χ3n) is 23.3. The van der Waals surface area contributed by atoms with Crippen LogP contribution in [0.15, 0.2) is 133 Å². The Hall–Kier alpha value is -10.7. The van der Waals surface area contributed by atoms with Crippen molar-refractivity contribution in [2.24, 2.45) is 33.5 Å². The normalized spacial score (nSPS) is 26.3. The summed E-state index contributed by atoms with van der Waals surface area (Å²) in [6.45, 7) is 9.94. The Bertz CT molecular complexity index is 4680. The SMILES string of the molecule is C#Cc1cccc(C(=O)Nc2c(-c3cc(O)ccc3C3(c4ccc(O)cc4-c4cc(C#C)c(O)c(C#C)c4NC(=O)c4cccc(C#C)c4)c4cc(C56CC7CC(C)(CC(C)(C7)C5)C6)ccc4-c4ccc(C56CC7CC(C)(CC(C)(C7)C5)C6)cc43)cc(C#C)c(O)c2C#C)c1. The number of carbonyl (C=O) groups excluding carboxylic acids is 2. The smallest absolute Gasteiger partial charge is 0.255 e. The number of fused-ring (bicyclic) bond motifs is 3. The van der Waals surface area contributed by atoms with Crippen LogP contribution in [-0.2, 0) is 16.2 Å². The topological polar surface area (TPSA) is 139 Å². The molecule has 6 N–H and O–H groups in total. The highest BCUT2D eigenvalue weighted by molar-refractivity contribution is 6.10. The van der Waals surface area contributed by atoms with E-state index in [4.69, 9.17) is 38.5 Å². The molecule has 9 aliphatic rings. The average molecular weight is 1240 g/mol. The van der Waals surface area contributed by atoms with Gasteiger partial charge in [0.05, 0.1) is 39.0 Å². The molecule has 0 saturated heterocycles. The third kappa shape index (κ3) is 9.29. The molecule has 8 aromatic carbocycles. The molecular formula is C87H72N2O6. The van der Waals surface area contributed by atoms with Crippen LogP contribution in [0.2, 0.25) is 0 Å². The van der Waals surface area contributed by atoms with E-state index in [0.29, 0.717) is 45.2 Å². The molecule has 2 amide bonds. The van der Waals surface area contributed by atoms with Gasteiger partial charge in [0.25, 0.3) is 11.8 Å². The summed E-state index contributed by atoms with van der Waals surface area (Å²) in [5.74, 6) is 14.8. The van der Waals surface area contributed by atoms with Crippen LogP contribution in [0.1, 0.15) is 192 Å². The first-order chi connectivity index (χ1) is 45.4. The van der Waals surface area contributed by atoms with Crippen molar-refractivity contribution >= 4 is 23.2 Å². The number of aromatic hydroxyl groups is 4. The predicted octanol–water partition coefficient (Wildman–Crippen LogP) is 17.1. The van der Waals surface area contributed by atoms with Crippen LogP contribution in [-0.4, -0.2) is 32.2 Å². The zero-order valence-electron chi connectivity index (χ0n) is 53.9. The lowest BCUT2D eigenvalue weighted by molar-refractivity contribution is -0.110. The van der Waals surface area contributed by atoms with Gasteiger partial charge in [-0.2, -0.15) is 0 Å². The lowest BCUT2D eigenvalue weighted by atomic mass is 9.39. The Balaban J connectivity index is 1.10. The quantitative estimate of drug-likeness (QED) is 0.0754. The van der Waals surface area contributed by atoms with E-state index < -0.39 is 28.7 Å². The van der Waals surface area contributed by atoms with Crippen molar-refractivity contribution in [1.82, 2.24) is 0 Å². The Labute approximate surface area is 557 Å². The monoisotopic (exact) mass is 1240 g/mol. The number of benzene rings is 8. The van der Waals surface area contributed by atoms with E-state index in [0.717, 1.165) is 73.6 Å². The van der Waals surface area contributed by atoms with Gasteiger partial charge >= 0.3 is 0 Å². The maximum atomic E-state index is 15.0. The summed E-state index contributed by atoms with van der Waals surface area (Å²) in [4.78, 5) is 30.0. The van der Waals surface area contributed by atoms with Crippen LogP contribution in [0.25, 0.3) is 33.4 Å². The molecule has 8 heteroatoms. The van der Waals surface area contributed by atoms with Crippen LogP contribution in [0.4, 0.5) is 11.4 Å². The Morgan fingerprint density at radius 2 is 0.789 bits per heavy atom. The first-order valence-electron chi connectivity index (χ1n) is 32.8. The van der Waals surface area contributed by atoms with E-state index in [1.54, 1.807) is 84.9 Å². The molecule has 8 bridgehead atoms. The summed E-state index contributed by atoms with van der Waals surface area (Å²) in [5, 5.41) is 55.3. The van der Waals surface area contributed by atoms with Gasteiger partial charge in [-0.3, -0.25) is 9.59 Å². The largest absolute Gasteiger partial charge is 0.508 e. The molecule has 0 aromatic heterocycles. The maximum Gasteiger partial charge on any atom is 0.255 e. The van der Waals surface area contributed by atoms with Crippen molar-refractivity contribution in [2.75, 3.05) is 10.6 Å². The molecule has 9 aliphatic carbocycles. The number of nitrogens with one attached hydrogen (secondary N) is 2. The molecule has 4 unspecified atom stereocenters. The van der Waals surface area contributed by atoms with Crippen molar-refractivity contribution in [3.63, 3.8) is 0 Å². The standard InChI is InChI=1S/C87H72N2O6/c1-11-51-19-17-21-57(31-51)79(94)88-75-63(15-5)77(92)55(13-3)33-69(75)67-37-61(90)25-29-71(67)87(72-30-26-62(91)38-68(72)70-34-56(14-4)78(93)64(16-6)76(70)89-80(95)58-22-18-20-52(12-2)32-58)73-35-59(85-43-53-39-81(7,47-85)45-82(8,40-53)48-85)23-27-65(73)66-28-24-60(36-74(66)87)86-44-54-41-83(9,49-86)46-84(10,42-54)50-86/h1-6,17-38,53-54,90-93H,39-50H2,7-10H3,(H,88,94)(H,89,95). The van der Waals surface area contributed by atoms with Gasteiger partial charge in [0.15, 0.2) is 0 Å². The van der Waals surface area contributed by atoms with E-state index in [-0.39, 0.29) is 99.9 Å². The second kappa shape index (κ2) is 21.1. The second-order valence-electron chi connectivity index (χ2n) is 30.6. The van der Waals surface area contributed by atoms with Gasteiger partial charge in [-0.15, -0.1) is 38.5 Å². The first-order valence-corrected chi connectivity index (χ1v) is 32.8. The fourth-order valence-electron chi connectivity index (χ4n) is 21.8. The number of carbonyl (C=O) groups is 2. The maximum absolute atomic E-state index is 15.0. The number of rotatable bonds is 10. The van der Waals surface area contributed by atoms with Gasteiger partial charge in [-0.05, 0) is 250 Å². The molecule has 0 radical (unpaired) electrons. The van der Waals surface area contributed by atoms with Crippen LogP contribution in [0.3, 0.4) is 0 Å². The second-order valence-corrected chi connectivity index (χ2v) is 30.6. The lowest BCUT2D eigenvalue weighted by Crippen LogP contribution is -2.56. The summed E-state index contributed by atoms with van der Waals surface area (Å²) in [6.07, 6.45) is 50.6. The minimum absolute atomic E-state index is 0.0271. The summed E-state index contributed by atoms with van der Waals surface area (Å²) >= 11 is 0. The lowest BCUT2D eigenvalue weighted by Gasteiger charge is -2.65. The number of anilines is 2. The van der Waals surface area contributed by atoms with Crippen molar-refractivity contribution in [3.05, 3.63) is 211 Å². The fourth-order valence-corrected chi connectivity index (χ4v) is 21.8. The Kier molecular flexibility index (Phi) is 13.5. The zero-order chi connectivity index (χ0) is 66.5. The highest BCUT2D eigenvalue weighted by Crippen LogP contribution is 2.73. The van der Waals surface area contributed by atoms with E-state index in [1.807, 2.05) is 12.1 Å². The third-order valence-corrected chi connectivity index (χ3v) is 23.3. The minimum atomic E-state index is -1.53. The molecule has 8 nitrogen and oxygen atoms in total. The average Bonchev–Trinajstić information content (AvgIpc) is 1.48. The van der Waals surface area contributed by atoms with Crippen molar-refractivity contribution in [3.8, 4) is 130 Å². The fraction of sp³-hybridized carbons (Fsp3) is 0.287. The van der Waals surface area contributed by atoms with Gasteiger partial charge in [-0.25, -0.2) is 0 Å². The number of hydrogen-bond donors (Lipinski definition) is 6. The van der Waals surface area contributed by atoms with Gasteiger partial charge in [0, 0.05) is 33.4 Å². The Morgan fingerprint density at radius 3 is 1.14 bits per heavy atom. The number of amides is 2. The van der Waals surface area contributed by atoms with Crippen LogP contribution >= 0.6 is 0 Å². The van der Waals surface area contributed by atoms with E-state index in [9.17, 15) is 30.0 Å². The molecule has 4 atom stereocenters. The van der Waals surface area contributed by atoms with Crippen molar-refractivity contribution < 1.29 is 30.0 Å². The van der Waals surface area contributed by atoms with Gasteiger partial charge in [0.2, 0.25) is 0 Å². The molecule has 0 spiro atoms. The van der Waals surface area contributed by atoms with Crippen LogP contribution in [0, 0.1) is 108 Å².